The first kappa shape index (κ1) is 14.7. The predicted octanol–water partition coefficient (Wildman–Crippen LogP) is 2.38. The summed E-state index contributed by atoms with van der Waals surface area (Å²) in [6.07, 6.45) is 0. The van der Waals surface area contributed by atoms with Gasteiger partial charge in [0.15, 0.2) is 5.76 Å². The summed E-state index contributed by atoms with van der Waals surface area (Å²) in [4.78, 5) is 14.6. The molecule has 116 valence electrons. The monoisotopic (exact) mass is 300 g/mol. The van der Waals surface area contributed by atoms with Crippen LogP contribution in [0, 0.1) is 6.92 Å². The summed E-state index contributed by atoms with van der Waals surface area (Å²) in [5.74, 6) is 1.85. The molecule has 1 atom stereocenters. The van der Waals surface area contributed by atoms with Crippen molar-refractivity contribution in [2.45, 2.75) is 13.0 Å². The number of carbonyl (C=O) groups is 1. The number of amides is 1. The number of benzene rings is 1. The molecule has 22 heavy (non-hydrogen) atoms. The third-order valence-corrected chi connectivity index (χ3v) is 3.95. The van der Waals surface area contributed by atoms with Crippen LogP contribution >= 0.6 is 0 Å². The minimum atomic E-state index is -0.0782. The van der Waals surface area contributed by atoms with Crippen molar-refractivity contribution in [1.82, 2.24) is 10.2 Å². The lowest BCUT2D eigenvalue weighted by Gasteiger charge is -2.36. The summed E-state index contributed by atoms with van der Waals surface area (Å²) in [7, 11) is 1.65. The molecule has 1 saturated heterocycles. The lowest BCUT2D eigenvalue weighted by molar-refractivity contribution is 0.0597. The van der Waals surface area contributed by atoms with Crippen molar-refractivity contribution < 1.29 is 13.9 Å². The van der Waals surface area contributed by atoms with Gasteiger partial charge in [-0.2, -0.15) is 0 Å². The van der Waals surface area contributed by atoms with Gasteiger partial charge in [0.05, 0.1) is 13.2 Å². The number of methoxy groups -OCH3 is 1. The predicted molar refractivity (Wildman–Crippen MR) is 83.1 cm³/mol. The van der Waals surface area contributed by atoms with Crippen LogP contribution in [0.25, 0.3) is 0 Å². The van der Waals surface area contributed by atoms with E-state index in [0.29, 0.717) is 18.8 Å². The van der Waals surface area contributed by atoms with E-state index in [1.165, 1.54) is 0 Å². The molecule has 5 nitrogen and oxygen atoms in total. The number of nitrogens with zero attached hydrogens (tertiary/aromatic N) is 1. The van der Waals surface area contributed by atoms with Crippen molar-refractivity contribution in [2.24, 2.45) is 0 Å². The molecule has 0 radical (unpaired) electrons. The molecule has 1 aliphatic heterocycles. The second-order valence-electron chi connectivity index (χ2n) is 5.37. The molecule has 2 aromatic rings. The third kappa shape index (κ3) is 2.72. The number of para-hydroxylation sites is 1. The Bertz CT molecular complexity index is 665. The minimum Gasteiger partial charge on any atom is -0.496 e. The van der Waals surface area contributed by atoms with Crippen LogP contribution in [0.4, 0.5) is 0 Å². The Hall–Kier alpha value is -2.27. The SMILES string of the molecule is COc1ccccc1C1CNCCN1C(=O)c1ccc(C)o1. The van der Waals surface area contributed by atoms with Crippen LogP contribution in [-0.4, -0.2) is 37.6 Å². The largest absolute Gasteiger partial charge is 0.496 e. The average Bonchev–Trinajstić information content (AvgIpc) is 3.00. The number of furan rings is 1. The van der Waals surface area contributed by atoms with E-state index in [1.54, 1.807) is 13.2 Å². The topological polar surface area (TPSA) is 54.7 Å². The molecule has 3 rings (SSSR count). The van der Waals surface area contributed by atoms with E-state index in [9.17, 15) is 4.79 Å². The number of carbonyl (C=O) groups excluding carboxylic acids is 1. The summed E-state index contributed by atoms with van der Waals surface area (Å²) in [5.41, 5.74) is 1.01. The highest BCUT2D eigenvalue weighted by Gasteiger charge is 2.31. The summed E-state index contributed by atoms with van der Waals surface area (Å²) in [6, 6.07) is 11.3. The molecule has 1 fully saturated rings. The second kappa shape index (κ2) is 6.23. The maximum Gasteiger partial charge on any atom is 0.290 e. The molecule has 0 aliphatic carbocycles. The van der Waals surface area contributed by atoms with Gasteiger partial charge in [0.1, 0.15) is 11.5 Å². The van der Waals surface area contributed by atoms with Gasteiger partial charge < -0.3 is 19.4 Å². The molecule has 1 unspecified atom stereocenters. The van der Waals surface area contributed by atoms with Crippen molar-refractivity contribution in [3.8, 4) is 5.75 Å². The van der Waals surface area contributed by atoms with Gasteiger partial charge in [0.25, 0.3) is 5.91 Å². The van der Waals surface area contributed by atoms with Crippen molar-refractivity contribution >= 4 is 5.91 Å². The molecule has 1 aromatic carbocycles. The standard InChI is InChI=1S/C17H20N2O3/c1-12-7-8-16(22-12)17(20)19-10-9-18-11-14(19)13-5-3-4-6-15(13)21-2/h3-8,14,18H,9-11H2,1-2H3. The van der Waals surface area contributed by atoms with Gasteiger partial charge in [-0.15, -0.1) is 0 Å². The molecule has 1 N–H and O–H groups in total. The summed E-state index contributed by atoms with van der Waals surface area (Å²) in [6.45, 7) is 3.95. The first-order chi connectivity index (χ1) is 10.7. The third-order valence-electron chi connectivity index (χ3n) is 3.95. The number of nitrogens with one attached hydrogen (secondary N) is 1. The fourth-order valence-electron chi connectivity index (χ4n) is 2.86. The minimum absolute atomic E-state index is 0.0668. The van der Waals surface area contributed by atoms with Gasteiger partial charge in [-0.1, -0.05) is 18.2 Å². The zero-order valence-electron chi connectivity index (χ0n) is 12.8. The number of hydrogen-bond donors (Lipinski definition) is 1. The van der Waals surface area contributed by atoms with Crippen LogP contribution in [0.2, 0.25) is 0 Å². The zero-order chi connectivity index (χ0) is 15.5. The Morgan fingerprint density at radius 2 is 2.14 bits per heavy atom. The molecule has 1 aliphatic rings. The quantitative estimate of drug-likeness (QED) is 0.945. The van der Waals surface area contributed by atoms with Crippen LogP contribution in [0.5, 0.6) is 5.75 Å². The van der Waals surface area contributed by atoms with E-state index in [1.807, 2.05) is 42.2 Å². The van der Waals surface area contributed by atoms with E-state index in [0.717, 1.165) is 23.6 Å². The van der Waals surface area contributed by atoms with Gasteiger partial charge in [0, 0.05) is 25.2 Å². The van der Waals surface area contributed by atoms with Crippen LogP contribution in [0.1, 0.15) is 27.9 Å². The first-order valence-electron chi connectivity index (χ1n) is 7.41. The molecule has 1 aromatic heterocycles. The first-order valence-corrected chi connectivity index (χ1v) is 7.41. The molecular formula is C17H20N2O3. The van der Waals surface area contributed by atoms with E-state index < -0.39 is 0 Å². The van der Waals surface area contributed by atoms with Gasteiger partial charge in [0.2, 0.25) is 0 Å². The zero-order valence-corrected chi connectivity index (χ0v) is 12.8. The average molecular weight is 300 g/mol. The maximum absolute atomic E-state index is 12.8. The number of piperazine rings is 1. The summed E-state index contributed by atoms with van der Waals surface area (Å²) in [5, 5.41) is 3.35. The molecule has 2 heterocycles. The maximum atomic E-state index is 12.8. The highest BCUT2D eigenvalue weighted by molar-refractivity contribution is 5.92. The van der Waals surface area contributed by atoms with E-state index >= 15 is 0 Å². The Morgan fingerprint density at radius 1 is 1.32 bits per heavy atom. The van der Waals surface area contributed by atoms with Crippen LogP contribution in [0.15, 0.2) is 40.8 Å². The van der Waals surface area contributed by atoms with Crippen molar-refractivity contribution in [3.05, 3.63) is 53.5 Å². The molecule has 1 amide bonds. The van der Waals surface area contributed by atoms with Gasteiger partial charge >= 0.3 is 0 Å². The van der Waals surface area contributed by atoms with Crippen LogP contribution in [-0.2, 0) is 0 Å². The van der Waals surface area contributed by atoms with E-state index in [2.05, 4.69) is 5.32 Å². The summed E-state index contributed by atoms with van der Waals surface area (Å²) >= 11 is 0. The van der Waals surface area contributed by atoms with Gasteiger partial charge in [-0.25, -0.2) is 0 Å². The fraction of sp³-hybridized carbons (Fsp3) is 0.353. The van der Waals surface area contributed by atoms with Crippen molar-refractivity contribution in [1.29, 1.82) is 0 Å². The second-order valence-corrected chi connectivity index (χ2v) is 5.37. The molecule has 0 bridgehead atoms. The normalized spacial score (nSPS) is 18.3. The highest BCUT2D eigenvalue weighted by atomic mass is 16.5. The van der Waals surface area contributed by atoms with Gasteiger partial charge in [-0.3, -0.25) is 4.79 Å². The fourth-order valence-corrected chi connectivity index (χ4v) is 2.86. The highest BCUT2D eigenvalue weighted by Crippen LogP contribution is 2.31. The van der Waals surface area contributed by atoms with Crippen molar-refractivity contribution in [2.75, 3.05) is 26.7 Å². The van der Waals surface area contributed by atoms with Gasteiger partial charge in [-0.05, 0) is 25.1 Å². The van der Waals surface area contributed by atoms with E-state index in [4.69, 9.17) is 9.15 Å². The smallest absolute Gasteiger partial charge is 0.290 e. The lowest BCUT2D eigenvalue weighted by Crippen LogP contribution is -2.48. The van der Waals surface area contributed by atoms with E-state index in [-0.39, 0.29) is 11.9 Å². The molecule has 0 spiro atoms. The Morgan fingerprint density at radius 3 is 2.86 bits per heavy atom. The van der Waals surface area contributed by atoms with Crippen LogP contribution < -0.4 is 10.1 Å². The lowest BCUT2D eigenvalue weighted by atomic mass is 10.0. The molecular weight excluding hydrogens is 280 g/mol. The Balaban J connectivity index is 1.93. The number of ether oxygens (including phenoxy) is 1. The summed E-state index contributed by atoms with van der Waals surface area (Å²) < 4.78 is 10.9. The van der Waals surface area contributed by atoms with Crippen LogP contribution in [0.3, 0.4) is 0 Å². The molecule has 5 heteroatoms. The Kier molecular flexibility index (Phi) is 4.15. The van der Waals surface area contributed by atoms with Crippen molar-refractivity contribution in [3.63, 3.8) is 0 Å². The molecule has 0 saturated carbocycles. The Labute approximate surface area is 129 Å². The number of rotatable bonds is 3. The number of hydrogen-bond acceptors (Lipinski definition) is 4. The number of aryl methyl sites for hydroxylation is 1.